The van der Waals surface area contributed by atoms with Gasteiger partial charge in [-0.05, 0) is 36.1 Å². The Bertz CT molecular complexity index is 653. The molecule has 0 aliphatic carbocycles. The van der Waals surface area contributed by atoms with Gasteiger partial charge in [0.15, 0.2) is 0 Å². The summed E-state index contributed by atoms with van der Waals surface area (Å²) in [6.07, 6.45) is 3.42. The van der Waals surface area contributed by atoms with Crippen LogP contribution in [0.5, 0.6) is 5.75 Å². The van der Waals surface area contributed by atoms with Crippen molar-refractivity contribution in [3.05, 3.63) is 41.6 Å². The summed E-state index contributed by atoms with van der Waals surface area (Å²) in [4.78, 5) is 23.2. The minimum Gasteiger partial charge on any atom is -0.497 e. The zero-order chi connectivity index (χ0) is 18.7. The third kappa shape index (κ3) is 7.18. The summed E-state index contributed by atoms with van der Waals surface area (Å²) in [6.45, 7) is 0.247. The van der Waals surface area contributed by atoms with Crippen LogP contribution in [0.1, 0.15) is 12.0 Å². The number of carbonyl (C=O) groups is 2. The number of nitrogens with zero attached hydrogens (tertiary/aromatic N) is 1. The molecule has 1 rings (SSSR count). The average molecular weight is 363 g/mol. The highest BCUT2D eigenvalue weighted by Crippen LogP contribution is 2.11. The first kappa shape index (κ1) is 20.4. The number of carboxylic acids is 1. The number of thioether (sulfide) groups is 1. The van der Waals surface area contributed by atoms with Crippen LogP contribution in [0, 0.1) is 11.3 Å². The Morgan fingerprint density at radius 2 is 2.08 bits per heavy atom. The number of carboxylic acid groups (broad SMARTS) is 1. The van der Waals surface area contributed by atoms with Crippen molar-refractivity contribution in [3.8, 4) is 11.8 Å². The van der Waals surface area contributed by atoms with Gasteiger partial charge in [-0.3, -0.25) is 4.79 Å². The van der Waals surface area contributed by atoms with E-state index in [2.05, 4.69) is 10.6 Å². The number of methoxy groups -OCH3 is 1. The van der Waals surface area contributed by atoms with E-state index in [1.807, 2.05) is 6.26 Å². The molecule has 0 saturated heterocycles. The lowest BCUT2D eigenvalue weighted by molar-refractivity contribution is -0.139. The van der Waals surface area contributed by atoms with Crippen molar-refractivity contribution in [1.29, 1.82) is 5.26 Å². The van der Waals surface area contributed by atoms with Gasteiger partial charge in [-0.15, -0.1) is 0 Å². The molecule has 1 aromatic rings. The van der Waals surface area contributed by atoms with E-state index in [1.54, 1.807) is 37.4 Å². The number of hydrogen-bond donors (Lipinski definition) is 3. The molecule has 3 N–H and O–H groups in total. The first-order valence-electron chi connectivity index (χ1n) is 7.51. The van der Waals surface area contributed by atoms with Gasteiger partial charge in [0.2, 0.25) is 0 Å². The van der Waals surface area contributed by atoms with E-state index < -0.39 is 17.9 Å². The van der Waals surface area contributed by atoms with Gasteiger partial charge in [0.1, 0.15) is 23.4 Å². The van der Waals surface area contributed by atoms with Crippen molar-refractivity contribution < 1.29 is 19.4 Å². The molecule has 0 spiro atoms. The number of aliphatic carboxylic acids is 1. The molecule has 0 bridgehead atoms. The predicted octanol–water partition coefficient (Wildman–Crippen LogP) is 1.51. The summed E-state index contributed by atoms with van der Waals surface area (Å²) in [7, 11) is 1.57. The summed E-state index contributed by atoms with van der Waals surface area (Å²) in [5.74, 6) is -0.230. The first-order valence-corrected chi connectivity index (χ1v) is 8.90. The Kier molecular flexibility index (Phi) is 8.96. The topological polar surface area (TPSA) is 111 Å². The molecule has 1 unspecified atom stereocenters. The van der Waals surface area contributed by atoms with Gasteiger partial charge >= 0.3 is 5.97 Å². The molecule has 1 aromatic carbocycles. The van der Waals surface area contributed by atoms with E-state index in [4.69, 9.17) is 15.1 Å². The largest absolute Gasteiger partial charge is 0.497 e. The Morgan fingerprint density at radius 1 is 1.40 bits per heavy atom. The maximum absolute atomic E-state index is 12.0. The van der Waals surface area contributed by atoms with Gasteiger partial charge in [-0.1, -0.05) is 12.1 Å². The second-order valence-electron chi connectivity index (χ2n) is 5.04. The van der Waals surface area contributed by atoms with Gasteiger partial charge in [0.05, 0.1) is 7.11 Å². The fraction of sp³-hybridized carbons (Fsp3) is 0.353. The van der Waals surface area contributed by atoms with Crippen LogP contribution in [0.3, 0.4) is 0 Å². The molecule has 8 heteroatoms. The smallest absolute Gasteiger partial charge is 0.326 e. The standard InChI is InChI=1S/C17H21N3O4S/c1-24-14-5-3-12(4-6-14)10-20-16(21)13(9-18)11-19-15(17(22)23)7-8-25-2/h3-6,11,15,19H,7-8,10H2,1-2H3,(H,20,21)(H,22,23)/b13-11-. The fourth-order valence-electron chi connectivity index (χ4n) is 1.87. The summed E-state index contributed by atoms with van der Waals surface area (Å²) in [6, 6.07) is 8.08. The molecule has 1 atom stereocenters. The van der Waals surface area contributed by atoms with Crippen molar-refractivity contribution in [1.82, 2.24) is 10.6 Å². The van der Waals surface area contributed by atoms with Gasteiger partial charge in [-0.2, -0.15) is 17.0 Å². The summed E-state index contributed by atoms with van der Waals surface area (Å²) in [5.41, 5.74) is 0.673. The van der Waals surface area contributed by atoms with Crippen molar-refractivity contribution in [3.63, 3.8) is 0 Å². The van der Waals surface area contributed by atoms with Crippen molar-refractivity contribution in [2.24, 2.45) is 0 Å². The van der Waals surface area contributed by atoms with Crippen LogP contribution in [0.2, 0.25) is 0 Å². The Balaban J connectivity index is 2.62. The van der Waals surface area contributed by atoms with Crippen LogP contribution in [-0.2, 0) is 16.1 Å². The Morgan fingerprint density at radius 3 is 2.60 bits per heavy atom. The fourth-order valence-corrected chi connectivity index (χ4v) is 2.34. The maximum Gasteiger partial charge on any atom is 0.326 e. The number of ether oxygens (including phenoxy) is 1. The molecule has 0 radical (unpaired) electrons. The van der Waals surface area contributed by atoms with E-state index in [1.165, 1.54) is 11.8 Å². The molecule has 0 aliphatic rings. The summed E-state index contributed by atoms with van der Waals surface area (Å²) >= 11 is 1.52. The van der Waals surface area contributed by atoms with Gasteiger partial charge in [-0.25, -0.2) is 4.79 Å². The SMILES string of the molecule is COc1ccc(CNC(=O)/C(C#N)=C\NC(CCSC)C(=O)O)cc1. The van der Waals surface area contributed by atoms with Gasteiger partial charge < -0.3 is 20.5 Å². The molecule has 1 amide bonds. The highest BCUT2D eigenvalue weighted by atomic mass is 32.2. The van der Waals surface area contributed by atoms with Crippen molar-refractivity contribution in [2.45, 2.75) is 19.0 Å². The van der Waals surface area contributed by atoms with Crippen LogP contribution in [0.4, 0.5) is 0 Å². The lowest BCUT2D eigenvalue weighted by Crippen LogP contribution is -2.35. The van der Waals surface area contributed by atoms with E-state index in [0.717, 1.165) is 11.8 Å². The van der Waals surface area contributed by atoms with E-state index >= 15 is 0 Å². The van der Waals surface area contributed by atoms with Crippen LogP contribution < -0.4 is 15.4 Å². The Labute approximate surface area is 151 Å². The van der Waals surface area contributed by atoms with Crippen LogP contribution in [0.25, 0.3) is 0 Å². The van der Waals surface area contributed by atoms with E-state index in [-0.39, 0.29) is 12.1 Å². The molecular weight excluding hydrogens is 342 g/mol. The molecule has 25 heavy (non-hydrogen) atoms. The minimum absolute atomic E-state index is 0.177. The second kappa shape index (κ2) is 11.0. The molecular formula is C17H21N3O4S. The van der Waals surface area contributed by atoms with Crippen LogP contribution in [-0.4, -0.2) is 42.1 Å². The molecule has 134 valence electrons. The summed E-state index contributed by atoms with van der Waals surface area (Å²) in [5, 5.41) is 23.5. The molecule has 0 heterocycles. The van der Waals surface area contributed by atoms with Crippen molar-refractivity contribution in [2.75, 3.05) is 19.1 Å². The molecule has 7 nitrogen and oxygen atoms in total. The molecule has 0 aromatic heterocycles. The van der Waals surface area contributed by atoms with Crippen LogP contribution in [0.15, 0.2) is 36.0 Å². The number of nitriles is 1. The molecule has 0 saturated carbocycles. The first-order chi connectivity index (χ1) is 12.0. The molecule has 0 aliphatic heterocycles. The van der Waals surface area contributed by atoms with E-state index in [0.29, 0.717) is 17.9 Å². The zero-order valence-corrected chi connectivity index (χ0v) is 14.9. The number of amides is 1. The highest BCUT2D eigenvalue weighted by Gasteiger charge is 2.16. The quantitative estimate of drug-likeness (QED) is 0.427. The maximum atomic E-state index is 12.0. The lowest BCUT2D eigenvalue weighted by Gasteiger charge is -2.12. The van der Waals surface area contributed by atoms with E-state index in [9.17, 15) is 9.59 Å². The highest BCUT2D eigenvalue weighted by molar-refractivity contribution is 7.98. The number of carbonyl (C=O) groups excluding carboxylic acids is 1. The number of nitrogens with one attached hydrogen (secondary N) is 2. The normalized spacial score (nSPS) is 12.0. The average Bonchev–Trinajstić information content (AvgIpc) is 2.62. The predicted molar refractivity (Wildman–Crippen MR) is 96.1 cm³/mol. The summed E-state index contributed by atoms with van der Waals surface area (Å²) < 4.78 is 5.05. The number of benzene rings is 1. The molecule has 0 fully saturated rings. The zero-order valence-electron chi connectivity index (χ0n) is 14.1. The lowest BCUT2D eigenvalue weighted by atomic mass is 10.2. The number of hydrogen-bond acceptors (Lipinski definition) is 6. The second-order valence-corrected chi connectivity index (χ2v) is 6.03. The Hall–Kier alpha value is -2.66. The minimum atomic E-state index is -1.03. The van der Waals surface area contributed by atoms with Gasteiger partial charge in [0.25, 0.3) is 5.91 Å². The monoisotopic (exact) mass is 363 g/mol. The van der Waals surface area contributed by atoms with Gasteiger partial charge in [0, 0.05) is 12.7 Å². The van der Waals surface area contributed by atoms with Crippen LogP contribution >= 0.6 is 11.8 Å². The third-order valence-electron chi connectivity index (χ3n) is 3.31. The van der Waals surface area contributed by atoms with Crippen molar-refractivity contribution >= 4 is 23.6 Å². The third-order valence-corrected chi connectivity index (χ3v) is 3.96. The number of rotatable bonds is 10.